The van der Waals surface area contributed by atoms with Crippen LogP contribution in [0.15, 0.2) is 18.3 Å². The van der Waals surface area contributed by atoms with Crippen molar-refractivity contribution < 1.29 is 9.90 Å². The number of carbonyl (C=O) groups is 1. The molecule has 0 bridgehead atoms. The number of rotatable bonds is 3. The van der Waals surface area contributed by atoms with Gasteiger partial charge in [0.1, 0.15) is 6.54 Å². The van der Waals surface area contributed by atoms with E-state index in [9.17, 15) is 4.79 Å². The van der Waals surface area contributed by atoms with Crippen LogP contribution < -0.4 is 0 Å². The molecular formula is C7H9NO2S. The average molecular weight is 171 g/mol. The Kier molecular flexibility index (Phi) is 2.59. The Balaban J connectivity index is 2.76. The highest BCUT2D eigenvalue weighted by atomic mass is 32.1. The minimum atomic E-state index is -0.829. The van der Waals surface area contributed by atoms with Crippen molar-refractivity contribution in [1.29, 1.82) is 0 Å². The third-order valence-electron chi connectivity index (χ3n) is 1.39. The fraction of sp³-hybridized carbons (Fsp3) is 0.286. The summed E-state index contributed by atoms with van der Waals surface area (Å²) in [5.41, 5.74) is 0.927. The van der Waals surface area contributed by atoms with Crippen LogP contribution in [0.5, 0.6) is 0 Å². The number of aromatic nitrogens is 1. The van der Waals surface area contributed by atoms with Crippen LogP contribution >= 0.6 is 12.6 Å². The van der Waals surface area contributed by atoms with Crippen LogP contribution in [0.4, 0.5) is 0 Å². The zero-order valence-corrected chi connectivity index (χ0v) is 6.79. The summed E-state index contributed by atoms with van der Waals surface area (Å²) in [5.74, 6) is -0.260. The molecule has 0 aliphatic carbocycles. The van der Waals surface area contributed by atoms with Gasteiger partial charge in [-0.2, -0.15) is 12.6 Å². The molecule has 0 fully saturated rings. The van der Waals surface area contributed by atoms with Crippen molar-refractivity contribution in [2.45, 2.75) is 12.3 Å². The first-order valence-electron chi connectivity index (χ1n) is 3.20. The Morgan fingerprint density at radius 3 is 3.00 bits per heavy atom. The Hall–Kier alpha value is -0.900. The number of carboxylic acids is 1. The highest BCUT2D eigenvalue weighted by Crippen LogP contribution is 2.04. The Bertz CT molecular complexity index is 257. The van der Waals surface area contributed by atoms with Crippen LogP contribution in [0.1, 0.15) is 5.69 Å². The first kappa shape index (κ1) is 8.20. The maximum Gasteiger partial charge on any atom is 0.323 e. The van der Waals surface area contributed by atoms with E-state index in [1.165, 1.54) is 0 Å². The molecule has 1 rings (SSSR count). The van der Waals surface area contributed by atoms with Crippen molar-refractivity contribution in [3.63, 3.8) is 0 Å². The van der Waals surface area contributed by atoms with Gasteiger partial charge in [0.05, 0.1) is 0 Å². The molecule has 11 heavy (non-hydrogen) atoms. The Morgan fingerprint density at radius 2 is 2.45 bits per heavy atom. The summed E-state index contributed by atoms with van der Waals surface area (Å²) >= 11 is 4.05. The summed E-state index contributed by atoms with van der Waals surface area (Å²) in [6.07, 6.45) is 1.74. The third-order valence-corrected chi connectivity index (χ3v) is 1.72. The normalized spacial score (nSPS) is 9.91. The average Bonchev–Trinajstić information content (AvgIpc) is 2.34. The van der Waals surface area contributed by atoms with E-state index in [2.05, 4.69) is 12.6 Å². The standard InChI is InChI=1S/C7H9NO2S/c9-7(10)4-8-3-1-2-6(8)5-11/h1-3,11H,4-5H2,(H,9,10). The zero-order valence-electron chi connectivity index (χ0n) is 5.90. The van der Waals surface area contributed by atoms with Crippen molar-refractivity contribution in [1.82, 2.24) is 4.57 Å². The maximum atomic E-state index is 10.3. The summed E-state index contributed by atoms with van der Waals surface area (Å²) in [6, 6.07) is 3.67. The lowest BCUT2D eigenvalue weighted by Crippen LogP contribution is -2.09. The van der Waals surface area contributed by atoms with Crippen molar-refractivity contribution in [2.75, 3.05) is 0 Å². The summed E-state index contributed by atoms with van der Waals surface area (Å²) in [6.45, 7) is 0.0168. The van der Waals surface area contributed by atoms with Gasteiger partial charge in [-0.1, -0.05) is 0 Å². The molecule has 0 aliphatic heterocycles. The van der Waals surface area contributed by atoms with Crippen LogP contribution in [-0.2, 0) is 17.1 Å². The van der Waals surface area contributed by atoms with E-state index in [-0.39, 0.29) is 6.54 Å². The molecule has 1 N–H and O–H groups in total. The molecule has 1 aromatic heterocycles. The van der Waals surface area contributed by atoms with Gasteiger partial charge in [-0.25, -0.2) is 0 Å². The fourth-order valence-corrected chi connectivity index (χ4v) is 1.18. The van der Waals surface area contributed by atoms with E-state index >= 15 is 0 Å². The third kappa shape index (κ3) is 2.01. The fourth-order valence-electron chi connectivity index (χ4n) is 0.893. The lowest BCUT2D eigenvalue weighted by molar-refractivity contribution is -0.137. The largest absolute Gasteiger partial charge is 0.480 e. The van der Waals surface area contributed by atoms with Gasteiger partial charge in [-0.15, -0.1) is 0 Å². The second kappa shape index (κ2) is 3.48. The van der Waals surface area contributed by atoms with Gasteiger partial charge < -0.3 is 9.67 Å². The first-order valence-corrected chi connectivity index (χ1v) is 3.84. The van der Waals surface area contributed by atoms with E-state index in [0.717, 1.165) is 5.69 Å². The van der Waals surface area contributed by atoms with Crippen LogP contribution in [0, 0.1) is 0 Å². The highest BCUT2D eigenvalue weighted by Gasteiger charge is 2.01. The van der Waals surface area contributed by atoms with E-state index in [0.29, 0.717) is 5.75 Å². The van der Waals surface area contributed by atoms with Crippen LogP contribution in [-0.4, -0.2) is 15.6 Å². The lowest BCUT2D eigenvalue weighted by Gasteiger charge is -2.01. The number of carboxylic acid groups (broad SMARTS) is 1. The molecule has 0 atom stereocenters. The van der Waals surface area contributed by atoms with Crippen LogP contribution in [0.3, 0.4) is 0 Å². The van der Waals surface area contributed by atoms with E-state index in [1.54, 1.807) is 10.8 Å². The molecule has 0 amide bonds. The van der Waals surface area contributed by atoms with E-state index in [4.69, 9.17) is 5.11 Å². The maximum absolute atomic E-state index is 10.3. The summed E-state index contributed by atoms with van der Waals surface area (Å²) in [4.78, 5) is 10.3. The predicted molar refractivity (Wildman–Crippen MR) is 44.8 cm³/mol. The molecule has 0 spiro atoms. The SMILES string of the molecule is O=C(O)Cn1cccc1CS. The first-order chi connectivity index (χ1) is 5.24. The number of hydrogen-bond donors (Lipinski definition) is 2. The molecule has 1 heterocycles. The predicted octanol–water partition coefficient (Wildman–Crippen LogP) is 1.00. The second-order valence-electron chi connectivity index (χ2n) is 2.18. The summed E-state index contributed by atoms with van der Waals surface area (Å²) < 4.78 is 1.66. The molecule has 0 unspecified atom stereocenters. The smallest absolute Gasteiger partial charge is 0.323 e. The lowest BCUT2D eigenvalue weighted by atomic mass is 10.5. The van der Waals surface area contributed by atoms with Gasteiger partial charge in [0.15, 0.2) is 0 Å². The molecular weight excluding hydrogens is 162 g/mol. The number of nitrogens with zero attached hydrogens (tertiary/aromatic N) is 1. The molecule has 60 valence electrons. The molecule has 0 aromatic carbocycles. The number of aliphatic carboxylic acids is 1. The van der Waals surface area contributed by atoms with Gasteiger partial charge in [-0.3, -0.25) is 4.79 Å². The number of hydrogen-bond acceptors (Lipinski definition) is 2. The monoisotopic (exact) mass is 171 g/mol. The minimum Gasteiger partial charge on any atom is -0.480 e. The van der Waals surface area contributed by atoms with Gasteiger partial charge in [0.2, 0.25) is 0 Å². The van der Waals surface area contributed by atoms with E-state index < -0.39 is 5.97 Å². The van der Waals surface area contributed by atoms with Gasteiger partial charge in [0.25, 0.3) is 0 Å². The van der Waals surface area contributed by atoms with Gasteiger partial charge in [-0.05, 0) is 12.1 Å². The van der Waals surface area contributed by atoms with Crippen molar-refractivity contribution in [3.8, 4) is 0 Å². The molecule has 3 nitrogen and oxygen atoms in total. The molecule has 0 radical (unpaired) electrons. The quantitative estimate of drug-likeness (QED) is 0.666. The molecule has 0 saturated heterocycles. The van der Waals surface area contributed by atoms with Crippen molar-refractivity contribution in [2.24, 2.45) is 0 Å². The second-order valence-corrected chi connectivity index (χ2v) is 2.50. The topological polar surface area (TPSA) is 42.2 Å². The van der Waals surface area contributed by atoms with Crippen molar-refractivity contribution in [3.05, 3.63) is 24.0 Å². The van der Waals surface area contributed by atoms with Gasteiger partial charge >= 0.3 is 5.97 Å². The Morgan fingerprint density at radius 1 is 1.73 bits per heavy atom. The van der Waals surface area contributed by atoms with E-state index in [1.807, 2.05) is 12.1 Å². The highest BCUT2D eigenvalue weighted by molar-refractivity contribution is 7.79. The number of thiol groups is 1. The Labute approximate surface area is 70.1 Å². The molecule has 0 saturated carbocycles. The van der Waals surface area contributed by atoms with Crippen LogP contribution in [0.2, 0.25) is 0 Å². The van der Waals surface area contributed by atoms with Crippen LogP contribution in [0.25, 0.3) is 0 Å². The molecule has 0 aliphatic rings. The molecule has 4 heteroatoms. The summed E-state index contributed by atoms with van der Waals surface area (Å²) in [5, 5.41) is 8.46. The van der Waals surface area contributed by atoms with Crippen molar-refractivity contribution >= 4 is 18.6 Å². The minimum absolute atomic E-state index is 0.0168. The summed E-state index contributed by atoms with van der Waals surface area (Å²) in [7, 11) is 0. The zero-order chi connectivity index (χ0) is 8.27. The molecule has 1 aromatic rings. The van der Waals surface area contributed by atoms with Gasteiger partial charge in [0, 0.05) is 17.6 Å².